The number of fused-ring (bicyclic) bond motifs is 1. The molecule has 26 heavy (non-hydrogen) atoms. The lowest BCUT2D eigenvalue weighted by molar-refractivity contribution is 0.0636. The van der Waals surface area contributed by atoms with Crippen LogP contribution in [0.25, 0.3) is 10.2 Å². The molecule has 0 saturated heterocycles. The van der Waals surface area contributed by atoms with E-state index in [-0.39, 0.29) is 0 Å². The summed E-state index contributed by atoms with van der Waals surface area (Å²) in [6.07, 6.45) is 1.38. The minimum absolute atomic E-state index is 0.410. The fourth-order valence-corrected chi connectivity index (χ4v) is 3.79. The lowest BCUT2D eigenvalue weighted by Gasteiger charge is -2.18. The Bertz CT molecular complexity index is 871. The summed E-state index contributed by atoms with van der Waals surface area (Å²) >= 11 is 4.74. The monoisotopic (exact) mass is 440 g/mol. The van der Waals surface area contributed by atoms with E-state index < -0.39 is 17.8 Å². The SMILES string of the molecule is CN=C(C=CN)C(O)c1cc(Br)c2nc(NC(=O)OC(C)(C)C)sc2c1. The van der Waals surface area contributed by atoms with Gasteiger partial charge in [0.05, 0.1) is 15.9 Å². The van der Waals surface area contributed by atoms with E-state index in [0.29, 0.717) is 26.4 Å². The molecule has 2 aromatic rings. The first-order valence-corrected chi connectivity index (χ1v) is 9.38. The molecule has 0 aliphatic heterocycles. The van der Waals surface area contributed by atoms with Crippen LogP contribution in [0.4, 0.5) is 9.93 Å². The van der Waals surface area contributed by atoms with Crippen LogP contribution in [-0.2, 0) is 4.74 Å². The normalized spacial score (nSPS) is 14.0. The van der Waals surface area contributed by atoms with E-state index in [1.165, 1.54) is 17.5 Å². The van der Waals surface area contributed by atoms with Crippen molar-refractivity contribution >= 4 is 54.4 Å². The number of nitrogens with two attached hydrogens (primary N) is 1. The highest BCUT2D eigenvalue weighted by Gasteiger charge is 2.19. The Labute approximate surface area is 164 Å². The summed E-state index contributed by atoms with van der Waals surface area (Å²) in [5.41, 5.74) is 6.56. The van der Waals surface area contributed by atoms with E-state index in [1.807, 2.05) is 0 Å². The molecule has 0 aliphatic carbocycles. The van der Waals surface area contributed by atoms with Gasteiger partial charge in [-0.1, -0.05) is 11.3 Å². The van der Waals surface area contributed by atoms with Gasteiger partial charge < -0.3 is 15.6 Å². The molecule has 0 spiro atoms. The molecule has 2 rings (SSSR count). The molecule has 1 aromatic heterocycles. The van der Waals surface area contributed by atoms with Crippen molar-refractivity contribution in [1.82, 2.24) is 4.98 Å². The number of halogens is 1. The maximum atomic E-state index is 11.9. The van der Waals surface area contributed by atoms with E-state index >= 15 is 0 Å². The van der Waals surface area contributed by atoms with E-state index in [1.54, 1.807) is 46.0 Å². The number of thiazole rings is 1. The van der Waals surface area contributed by atoms with Crippen LogP contribution in [0.15, 0.2) is 33.9 Å². The fraction of sp³-hybridized carbons (Fsp3) is 0.353. The number of hydrogen-bond acceptors (Lipinski definition) is 7. The number of aliphatic hydroxyl groups is 1. The number of hydrogen-bond donors (Lipinski definition) is 3. The van der Waals surface area contributed by atoms with Crippen molar-refractivity contribution < 1.29 is 14.6 Å². The summed E-state index contributed by atoms with van der Waals surface area (Å²) in [4.78, 5) is 20.4. The number of amides is 1. The molecule has 1 atom stereocenters. The summed E-state index contributed by atoms with van der Waals surface area (Å²) in [5.74, 6) is 0. The number of carbonyl (C=O) groups is 1. The van der Waals surface area contributed by atoms with Crippen molar-refractivity contribution in [1.29, 1.82) is 0 Å². The average Bonchev–Trinajstić information content (AvgIpc) is 2.92. The number of nitrogens with zero attached hydrogens (tertiary/aromatic N) is 2. The Balaban J connectivity index is 2.32. The number of carbonyl (C=O) groups excluding carboxylic acids is 1. The number of benzene rings is 1. The lowest BCUT2D eigenvalue weighted by Crippen LogP contribution is -2.27. The number of nitrogens with one attached hydrogen (secondary N) is 1. The Kier molecular flexibility index (Phi) is 6.38. The molecule has 0 saturated carbocycles. The van der Waals surface area contributed by atoms with Crippen LogP contribution >= 0.6 is 27.3 Å². The van der Waals surface area contributed by atoms with Gasteiger partial charge in [0.1, 0.15) is 11.7 Å². The van der Waals surface area contributed by atoms with Gasteiger partial charge in [0.2, 0.25) is 0 Å². The topological polar surface area (TPSA) is 110 Å². The zero-order chi connectivity index (χ0) is 19.5. The number of aromatic nitrogens is 1. The molecule has 140 valence electrons. The summed E-state index contributed by atoms with van der Waals surface area (Å²) in [5, 5.41) is 13.6. The molecule has 1 aromatic carbocycles. The van der Waals surface area contributed by atoms with Crippen LogP contribution in [0.1, 0.15) is 32.4 Å². The molecule has 1 amide bonds. The maximum absolute atomic E-state index is 11.9. The van der Waals surface area contributed by atoms with Crippen molar-refractivity contribution in [3.8, 4) is 0 Å². The summed E-state index contributed by atoms with van der Waals surface area (Å²) in [6.45, 7) is 5.37. The highest BCUT2D eigenvalue weighted by atomic mass is 79.9. The first-order chi connectivity index (χ1) is 12.1. The zero-order valence-corrected chi connectivity index (χ0v) is 17.3. The molecular weight excluding hydrogens is 420 g/mol. The number of aliphatic imine (C=N–C) groups is 1. The minimum Gasteiger partial charge on any atom is -0.444 e. The van der Waals surface area contributed by atoms with Crippen LogP contribution in [-0.4, -0.2) is 34.5 Å². The summed E-state index contributed by atoms with van der Waals surface area (Å²) < 4.78 is 6.73. The van der Waals surface area contributed by atoms with Crippen molar-refractivity contribution in [2.75, 3.05) is 12.4 Å². The van der Waals surface area contributed by atoms with Crippen LogP contribution in [0, 0.1) is 0 Å². The van der Waals surface area contributed by atoms with Crippen molar-refractivity contribution in [2.24, 2.45) is 10.7 Å². The highest BCUT2D eigenvalue weighted by Crippen LogP contribution is 2.34. The highest BCUT2D eigenvalue weighted by molar-refractivity contribution is 9.10. The van der Waals surface area contributed by atoms with Gasteiger partial charge in [0.15, 0.2) is 5.13 Å². The zero-order valence-electron chi connectivity index (χ0n) is 14.9. The van der Waals surface area contributed by atoms with Crippen LogP contribution < -0.4 is 11.1 Å². The molecule has 1 heterocycles. The second-order valence-corrected chi connectivity index (χ2v) is 8.29. The quantitative estimate of drug-likeness (QED) is 0.622. The van der Waals surface area contributed by atoms with E-state index in [9.17, 15) is 9.90 Å². The number of ether oxygens (including phenoxy) is 1. The molecule has 4 N–H and O–H groups in total. The largest absolute Gasteiger partial charge is 0.444 e. The molecule has 0 bridgehead atoms. The van der Waals surface area contributed by atoms with E-state index in [4.69, 9.17) is 10.5 Å². The van der Waals surface area contributed by atoms with Gasteiger partial charge in [-0.15, -0.1) is 0 Å². The molecule has 0 aliphatic rings. The Morgan fingerprint density at radius 3 is 2.77 bits per heavy atom. The van der Waals surface area contributed by atoms with Gasteiger partial charge in [0.25, 0.3) is 0 Å². The third kappa shape index (κ3) is 5.03. The first kappa shape index (κ1) is 20.3. The molecule has 1 unspecified atom stereocenters. The smallest absolute Gasteiger partial charge is 0.413 e. The molecule has 0 radical (unpaired) electrons. The number of aliphatic hydroxyl groups excluding tert-OH is 1. The van der Waals surface area contributed by atoms with Crippen LogP contribution in [0.3, 0.4) is 0 Å². The molecular formula is C17H21BrN4O3S. The molecule has 9 heteroatoms. The first-order valence-electron chi connectivity index (χ1n) is 7.77. The van der Waals surface area contributed by atoms with E-state index in [2.05, 4.69) is 31.2 Å². The summed E-state index contributed by atoms with van der Waals surface area (Å²) in [6, 6.07) is 3.57. The predicted octanol–water partition coefficient (Wildman–Crippen LogP) is 3.98. The van der Waals surface area contributed by atoms with Crippen LogP contribution in [0.2, 0.25) is 0 Å². The Hall–Kier alpha value is -1.97. The lowest BCUT2D eigenvalue weighted by atomic mass is 10.0. The van der Waals surface area contributed by atoms with Gasteiger partial charge in [0, 0.05) is 11.5 Å². The minimum atomic E-state index is -0.926. The van der Waals surface area contributed by atoms with Gasteiger partial charge in [-0.2, -0.15) is 0 Å². The third-order valence-electron chi connectivity index (χ3n) is 3.20. The van der Waals surface area contributed by atoms with Crippen molar-refractivity contribution in [3.63, 3.8) is 0 Å². The van der Waals surface area contributed by atoms with Crippen molar-refractivity contribution in [3.05, 3.63) is 34.4 Å². The van der Waals surface area contributed by atoms with Gasteiger partial charge in [-0.05, 0) is 66.7 Å². The Morgan fingerprint density at radius 2 is 2.19 bits per heavy atom. The maximum Gasteiger partial charge on any atom is 0.413 e. The standard InChI is InChI=1S/C17H21BrN4O3S/c1-17(2,3)25-16(24)22-15-21-13-10(18)7-9(8-12(13)26-15)14(23)11(20-4)5-6-19/h5-8,14,23H,19H2,1-4H3,(H,21,22,24). The van der Waals surface area contributed by atoms with Gasteiger partial charge in [-0.3, -0.25) is 10.3 Å². The third-order valence-corrected chi connectivity index (χ3v) is 4.72. The molecule has 7 nitrogen and oxygen atoms in total. The second kappa shape index (κ2) is 8.15. The molecule has 0 fully saturated rings. The number of anilines is 1. The number of rotatable bonds is 4. The predicted molar refractivity (Wildman–Crippen MR) is 109 cm³/mol. The second-order valence-electron chi connectivity index (χ2n) is 6.41. The summed E-state index contributed by atoms with van der Waals surface area (Å²) in [7, 11) is 1.59. The van der Waals surface area contributed by atoms with Crippen LogP contribution in [0.5, 0.6) is 0 Å². The van der Waals surface area contributed by atoms with Gasteiger partial charge in [-0.25, -0.2) is 9.78 Å². The fourth-order valence-electron chi connectivity index (χ4n) is 2.17. The average molecular weight is 441 g/mol. The van der Waals surface area contributed by atoms with Crippen molar-refractivity contribution in [2.45, 2.75) is 32.5 Å². The van der Waals surface area contributed by atoms with Gasteiger partial charge >= 0.3 is 6.09 Å². The van der Waals surface area contributed by atoms with E-state index in [0.717, 1.165) is 4.70 Å². The Morgan fingerprint density at radius 1 is 1.50 bits per heavy atom.